The maximum absolute atomic E-state index is 11.7. The van der Waals surface area contributed by atoms with E-state index in [9.17, 15) is 9.59 Å². The number of hydrogen-bond acceptors (Lipinski definition) is 4. The van der Waals surface area contributed by atoms with Crippen molar-refractivity contribution >= 4 is 11.9 Å². The summed E-state index contributed by atoms with van der Waals surface area (Å²) in [5.74, 6) is -1.34. The smallest absolute Gasteiger partial charge is 0.326 e. The third kappa shape index (κ3) is 4.15. The molecule has 0 radical (unpaired) electrons. The predicted molar refractivity (Wildman–Crippen MR) is 63.7 cm³/mol. The summed E-state index contributed by atoms with van der Waals surface area (Å²) in [5, 5.41) is 18.9. The molecule has 0 aliphatic rings. The van der Waals surface area contributed by atoms with E-state index in [1.54, 1.807) is 27.0 Å². The molecule has 100 valence electrons. The van der Waals surface area contributed by atoms with Gasteiger partial charge in [-0.25, -0.2) is 4.79 Å². The lowest BCUT2D eigenvalue weighted by molar-refractivity contribution is -0.145. The van der Waals surface area contributed by atoms with Crippen molar-refractivity contribution in [2.75, 3.05) is 0 Å². The second-order valence-corrected chi connectivity index (χ2v) is 5.12. The first kappa shape index (κ1) is 14.1. The Morgan fingerprint density at radius 3 is 2.56 bits per heavy atom. The molecule has 18 heavy (non-hydrogen) atoms. The summed E-state index contributed by atoms with van der Waals surface area (Å²) in [5.41, 5.74) is -0.533. The molecule has 0 aliphatic heterocycles. The molecule has 1 amide bonds. The summed E-state index contributed by atoms with van der Waals surface area (Å²) in [6, 6.07) is -0.902. The van der Waals surface area contributed by atoms with Crippen LogP contribution in [0.3, 0.4) is 0 Å². The van der Waals surface area contributed by atoms with Crippen molar-refractivity contribution in [3.8, 4) is 0 Å². The first-order chi connectivity index (χ1) is 8.30. The SMILES string of the molecule is CC(C)(C)C(NC(=O)CCn1ccnn1)C(=O)O. The second kappa shape index (κ2) is 5.61. The fraction of sp³-hybridized carbons (Fsp3) is 0.636. The molecule has 0 saturated carbocycles. The number of hydrogen-bond donors (Lipinski definition) is 2. The third-order valence-corrected chi connectivity index (χ3v) is 2.46. The summed E-state index contributed by atoms with van der Waals surface area (Å²) in [6.07, 6.45) is 3.34. The van der Waals surface area contributed by atoms with E-state index in [2.05, 4.69) is 15.6 Å². The maximum Gasteiger partial charge on any atom is 0.326 e. The van der Waals surface area contributed by atoms with E-state index in [0.29, 0.717) is 6.54 Å². The third-order valence-electron chi connectivity index (χ3n) is 2.46. The number of carboxylic acid groups (broad SMARTS) is 1. The number of nitrogens with zero attached hydrogens (tertiary/aromatic N) is 3. The summed E-state index contributed by atoms with van der Waals surface area (Å²) < 4.78 is 1.52. The molecule has 7 heteroatoms. The molecule has 1 aromatic rings. The zero-order valence-corrected chi connectivity index (χ0v) is 10.8. The number of nitrogens with one attached hydrogen (secondary N) is 1. The average Bonchev–Trinajstić information content (AvgIpc) is 2.73. The molecule has 0 fully saturated rings. The van der Waals surface area contributed by atoms with Gasteiger partial charge in [-0.3, -0.25) is 9.48 Å². The highest BCUT2D eigenvalue weighted by atomic mass is 16.4. The average molecular weight is 254 g/mol. The van der Waals surface area contributed by atoms with Gasteiger partial charge in [0.25, 0.3) is 0 Å². The monoisotopic (exact) mass is 254 g/mol. The van der Waals surface area contributed by atoms with Gasteiger partial charge in [0.05, 0.1) is 12.7 Å². The Bertz CT molecular complexity index is 408. The van der Waals surface area contributed by atoms with Gasteiger partial charge >= 0.3 is 5.97 Å². The number of rotatable bonds is 5. The van der Waals surface area contributed by atoms with Crippen molar-refractivity contribution in [3.63, 3.8) is 0 Å². The zero-order valence-electron chi connectivity index (χ0n) is 10.8. The minimum atomic E-state index is -1.03. The van der Waals surface area contributed by atoms with E-state index in [-0.39, 0.29) is 12.3 Å². The van der Waals surface area contributed by atoms with Gasteiger partial charge in [0, 0.05) is 12.6 Å². The Morgan fingerprint density at radius 2 is 2.11 bits per heavy atom. The van der Waals surface area contributed by atoms with Crippen molar-refractivity contribution in [1.82, 2.24) is 20.3 Å². The molecule has 0 aromatic carbocycles. The van der Waals surface area contributed by atoms with E-state index >= 15 is 0 Å². The van der Waals surface area contributed by atoms with E-state index in [4.69, 9.17) is 5.11 Å². The van der Waals surface area contributed by atoms with Crippen molar-refractivity contribution in [1.29, 1.82) is 0 Å². The summed E-state index contributed by atoms with van der Waals surface area (Å²) in [6.45, 7) is 5.68. The van der Waals surface area contributed by atoms with Crippen LogP contribution in [0.5, 0.6) is 0 Å². The van der Waals surface area contributed by atoms with Crippen LogP contribution in [0.4, 0.5) is 0 Å². The largest absolute Gasteiger partial charge is 0.480 e. The van der Waals surface area contributed by atoms with Gasteiger partial charge in [-0.1, -0.05) is 26.0 Å². The number of aryl methyl sites for hydroxylation is 1. The normalized spacial score (nSPS) is 13.1. The van der Waals surface area contributed by atoms with Crippen molar-refractivity contribution in [2.24, 2.45) is 5.41 Å². The van der Waals surface area contributed by atoms with Crippen LogP contribution in [0.15, 0.2) is 12.4 Å². The van der Waals surface area contributed by atoms with Crippen molar-refractivity contribution in [3.05, 3.63) is 12.4 Å². The Labute approximate surface area is 105 Å². The predicted octanol–water partition coefficient (Wildman–Crippen LogP) is 0.284. The van der Waals surface area contributed by atoms with Gasteiger partial charge in [0.1, 0.15) is 6.04 Å². The van der Waals surface area contributed by atoms with Gasteiger partial charge in [-0.15, -0.1) is 5.10 Å². The fourth-order valence-corrected chi connectivity index (χ4v) is 1.45. The van der Waals surface area contributed by atoms with Crippen LogP contribution >= 0.6 is 0 Å². The maximum atomic E-state index is 11.7. The Balaban J connectivity index is 2.49. The number of carbonyl (C=O) groups excluding carboxylic acids is 1. The van der Waals surface area contributed by atoms with Gasteiger partial charge in [-0.2, -0.15) is 0 Å². The Morgan fingerprint density at radius 1 is 1.44 bits per heavy atom. The first-order valence-corrected chi connectivity index (χ1v) is 5.67. The summed E-state index contributed by atoms with van der Waals surface area (Å²) in [4.78, 5) is 22.7. The van der Waals surface area contributed by atoms with E-state index < -0.39 is 17.4 Å². The van der Waals surface area contributed by atoms with Crippen LogP contribution in [0.1, 0.15) is 27.2 Å². The minimum absolute atomic E-state index is 0.170. The van der Waals surface area contributed by atoms with Crippen LogP contribution in [-0.4, -0.2) is 38.0 Å². The number of aromatic nitrogens is 3. The molecule has 1 atom stereocenters. The van der Waals surface area contributed by atoms with Crippen LogP contribution in [0.2, 0.25) is 0 Å². The topological polar surface area (TPSA) is 97.1 Å². The Hall–Kier alpha value is -1.92. The summed E-state index contributed by atoms with van der Waals surface area (Å²) in [7, 11) is 0. The molecule has 1 unspecified atom stereocenters. The van der Waals surface area contributed by atoms with Crippen LogP contribution < -0.4 is 5.32 Å². The van der Waals surface area contributed by atoms with E-state index in [1.165, 1.54) is 10.9 Å². The van der Waals surface area contributed by atoms with Crippen LogP contribution in [0.25, 0.3) is 0 Å². The van der Waals surface area contributed by atoms with Crippen molar-refractivity contribution < 1.29 is 14.7 Å². The molecule has 0 spiro atoms. The number of carboxylic acids is 1. The first-order valence-electron chi connectivity index (χ1n) is 5.67. The minimum Gasteiger partial charge on any atom is -0.480 e. The molecule has 0 aliphatic carbocycles. The van der Waals surface area contributed by atoms with Crippen LogP contribution in [0, 0.1) is 5.41 Å². The van der Waals surface area contributed by atoms with Crippen molar-refractivity contribution in [2.45, 2.75) is 39.8 Å². The Kier molecular flexibility index (Phi) is 4.41. The second-order valence-electron chi connectivity index (χ2n) is 5.12. The van der Waals surface area contributed by atoms with Gasteiger partial charge in [0.2, 0.25) is 5.91 Å². The molecular weight excluding hydrogens is 236 g/mol. The van der Waals surface area contributed by atoms with Gasteiger partial charge in [-0.05, 0) is 5.41 Å². The number of amides is 1. The summed E-state index contributed by atoms with van der Waals surface area (Å²) >= 11 is 0. The number of aliphatic carboxylic acids is 1. The highest BCUT2D eigenvalue weighted by Crippen LogP contribution is 2.19. The van der Waals surface area contributed by atoms with E-state index in [0.717, 1.165) is 0 Å². The fourth-order valence-electron chi connectivity index (χ4n) is 1.45. The van der Waals surface area contributed by atoms with E-state index in [1.807, 2.05) is 0 Å². The van der Waals surface area contributed by atoms with Gasteiger partial charge in [0.15, 0.2) is 0 Å². The molecule has 2 N–H and O–H groups in total. The molecule has 7 nitrogen and oxygen atoms in total. The quantitative estimate of drug-likeness (QED) is 0.786. The van der Waals surface area contributed by atoms with Crippen LogP contribution in [-0.2, 0) is 16.1 Å². The lowest BCUT2D eigenvalue weighted by atomic mass is 9.86. The lowest BCUT2D eigenvalue weighted by Crippen LogP contribution is -2.49. The highest BCUT2D eigenvalue weighted by molar-refractivity contribution is 5.84. The lowest BCUT2D eigenvalue weighted by Gasteiger charge is -2.27. The molecular formula is C11H18N4O3. The molecule has 1 rings (SSSR count). The standard InChI is InChI=1S/C11H18N4O3/c1-11(2,3)9(10(17)18)13-8(16)4-6-15-7-5-12-14-15/h5,7,9H,4,6H2,1-3H3,(H,13,16)(H,17,18). The zero-order chi connectivity index (χ0) is 13.8. The molecule has 1 heterocycles. The molecule has 0 saturated heterocycles. The molecule has 1 aromatic heterocycles. The molecule has 0 bridgehead atoms. The number of carbonyl (C=O) groups is 2. The van der Waals surface area contributed by atoms with Gasteiger partial charge < -0.3 is 10.4 Å². The highest BCUT2D eigenvalue weighted by Gasteiger charge is 2.32.